The zero-order chi connectivity index (χ0) is 14.9. The fourth-order valence-corrected chi connectivity index (χ4v) is 4.88. The first-order valence-electron chi connectivity index (χ1n) is 8.38. The lowest BCUT2D eigenvalue weighted by molar-refractivity contribution is 0.347. The fraction of sp³-hybridized carbons (Fsp3) is 0.333. The Bertz CT molecular complexity index is 926. The molecule has 0 aliphatic heterocycles. The van der Waals surface area contributed by atoms with Gasteiger partial charge in [0.15, 0.2) is 0 Å². The number of hydrogen-bond donors (Lipinski definition) is 1. The Kier molecular flexibility index (Phi) is 2.30. The van der Waals surface area contributed by atoms with Gasteiger partial charge >= 0.3 is 0 Å². The number of H-pyrrole nitrogens is 1. The average Bonchev–Trinajstić information content (AvgIpc) is 3.00. The first kappa shape index (κ1) is 12.5. The number of aromatic amines is 1. The molecule has 1 N–H and O–H groups in total. The van der Waals surface area contributed by atoms with E-state index >= 15 is 0 Å². The van der Waals surface area contributed by atoms with Gasteiger partial charge in [-0.2, -0.15) is 0 Å². The normalized spacial score (nSPS) is 25.5. The molecule has 2 aliphatic rings. The molecule has 2 atom stereocenters. The van der Waals surface area contributed by atoms with E-state index in [1.807, 2.05) is 0 Å². The SMILES string of the molecule is CC1(C)c2cc3c(cc2C2CCC=CC21)[nH]c1ccccc13. The predicted molar refractivity (Wildman–Crippen MR) is 93.4 cm³/mol. The third kappa shape index (κ3) is 1.44. The highest BCUT2D eigenvalue weighted by molar-refractivity contribution is 6.07. The summed E-state index contributed by atoms with van der Waals surface area (Å²) in [5.74, 6) is 1.36. The number of benzene rings is 2. The van der Waals surface area contributed by atoms with Crippen molar-refractivity contribution < 1.29 is 0 Å². The van der Waals surface area contributed by atoms with Crippen molar-refractivity contribution in [3.63, 3.8) is 0 Å². The highest BCUT2D eigenvalue weighted by atomic mass is 14.7. The number of aromatic nitrogens is 1. The second kappa shape index (κ2) is 4.04. The standard InChI is InChI=1S/C21H21N/c1-21(2)17-9-5-3-7-13(17)15-12-20-16(11-18(15)21)14-8-4-6-10-19(14)22-20/h4-6,8-13,17,22H,3,7H2,1-2H3. The number of hydrogen-bond acceptors (Lipinski definition) is 0. The summed E-state index contributed by atoms with van der Waals surface area (Å²) >= 11 is 0. The molecule has 1 heteroatoms. The number of para-hydroxylation sites is 1. The molecule has 0 radical (unpaired) electrons. The number of fused-ring (bicyclic) bond motifs is 6. The molecular formula is C21H21N. The third-order valence-corrected chi connectivity index (χ3v) is 6.02. The van der Waals surface area contributed by atoms with Gasteiger partial charge in [-0.3, -0.25) is 0 Å². The van der Waals surface area contributed by atoms with Crippen LogP contribution in [0.25, 0.3) is 21.8 Å². The summed E-state index contributed by atoms with van der Waals surface area (Å²) in [6.45, 7) is 4.85. The van der Waals surface area contributed by atoms with Crippen LogP contribution in [0.15, 0.2) is 48.6 Å². The van der Waals surface area contributed by atoms with Crippen LogP contribution in [0, 0.1) is 5.92 Å². The fourth-order valence-electron chi connectivity index (χ4n) is 4.88. The predicted octanol–water partition coefficient (Wildman–Crippen LogP) is 5.66. The molecule has 110 valence electrons. The molecule has 0 saturated heterocycles. The van der Waals surface area contributed by atoms with E-state index in [9.17, 15) is 0 Å². The second-order valence-corrected chi connectivity index (χ2v) is 7.52. The zero-order valence-corrected chi connectivity index (χ0v) is 13.2. The van der Waals surface area contributed by atoms with E-state index in [0.717, 1.165) is 0 Å². The van der Waals surface area contributed by atoms with E-state index in [2.05, 4.69) is 67.4 Å². The van der Waals surface area contributed by atoms with Gasteiger partial charge in [-0.15, -0.1) is 0 Å². The Morgan fingerprint density at radius 1 is 1.05 bits per heavy atom. The molecule has 0 spiro atoms. The Labute approximate surface area is 131 Å². The minimum Gasteiger partial charge on any atom is -0.355 e. The van der Waals surface area contributed by atoms with Crippen molar-refractivity contribution in [3.05, 3.63) is 59.7 Å². The minimum absolute atomic E-state index is 0.240. The molecule has 1 nitrogen and oxygen atoms in total. The molecule has 0 bridgehead atoms. The first-order valence-corrected chi connectivity index (χ1v) is 8.38. The van der Waals surface area contributed by atoms with Crippen molar-refractivity contribution >= 4 is 21.8 Å². The molecule has 5 rings (SSSR count). The van der Waals surface area contributed by atoms with Crippen LogP contribution in [0.5, 0.6) is 0 Å². The summed E-state index contributed by atoms with van der Waals surface area (Å²) in [7, 11) is 0. The summed E-state index contributed by atoms with van der Waals surface area (Å²) in [6.07, 6.45) is 7.38. The van der Waals surface area contributed by atoms with E-state index in [1.165, 1.54) is 34.6 Å². The molecule has 1 heterocycles. The molecule has 22 heavy (non-hydrogen) atoms. The van der Waals surface area contributed by atoms with Crippen molar-refractivity contribution in [1.82, 2.24) is 4.98 Å². The molecule has 2 unspecified atom stereocenters. The van der Waals surface area contributed by atoms with Crippen LogP contribution in [0.2, 0.25) is 0 Å². The highest BCUT2D eigenvalue weighted by Crippen LogP contribution is 2.55. The number of allylic oxidation sites excluding steroid dienone is 2. The maximum atomic E-state index is 3.61. The molecule has 0 fully saturated rings. The van der Waals surface area contributed by atoms with Gasteiger partial charge in [0.25, 0.3) is 0 Å². The van der Waals surface area contributed by atoms with E-state index in [1.54, 1.807) is 11.1 Å². The molecule has 2 aromatic carbocycles. The van der Waals surface area contributed by atoms with Gasteiger partial charge < -0.3 is 4.98 Å². The maximum absolute atomic E-state index is 3.61. The molecule has 1 aromatic heterocycles. The van der Waals surface area contributed by atoms with E-state index in [0.29, 0.717) is 11.8 Å². The summed E-state index contributed by atoms with van der Waals surface area (Å²) in [4.78, 5) is 3.61. The van der Waals surface area contributed by atoms with Gasteiger partial charge in [-0.25, -0.2) is 0 Å². The Hall–Kier alpha value is -2.02. The number of rotatable bonds is 0. The Morgan fingerprint density at radius 2 is 1.91 bits per heavy atom. The van der Waals surface area contributed by atoms with Crippen LogP contribution < -0.4 is 0 Å². The molecule has 3 aromatic rings. The molecule has 0 saturated carbocycles. The molecule has 0 amide bonds. The summed E-state index contributed by atoms with van der Waals surface area (Å²) in [5.41, 5.74) is 5.93. The van der Waals surface area contributed by atoms with Crippen LogP contribution in [0.3, 0.4) is 0 Å². The first-order chi connectivity index (χ1) is 10.7. The topological polar surface area (TPSA) is 15.8 Å². The Balaban J connectivity index is 1.85. The molecule has 2 aliphatic carbocycles. The van der Waals surface area contributed by atoms with Crippen molar-refractivity contribution in [3.8, 4) is 0 Å². The van der Waals surface area contributed by atoms with E-state index in [-0.39, 0.29) is 5.41 Å². The quantitative estimate of drug-likeness (QED) is 0.513. The van der Waals surface area contributed by atoms with Gasteiger partial charge in [-0.1, -0.05) is 44.2 Å². The van der Waals surface area contributed by atoms with Crippen molar-refractivity contribution in [2.45, 2.75) is 38.0 Å². The van der Waals surface area contributed by atoms with Crippen molar-refractivity contribution in [2.75, 3.05) is 0 Å². The van der Waals surface area contributed by atoms with Crippen LogP contribution in [-0.4, -0.2) is 4.98 Å². The second-order valence-electron chi connectivity index (χ2n) is 7.52. The van der Waals surface area contributed by atoms with Gasteiger partial charge in [0.05, 0.1) is 0 Å². The zero-order valence-electron chi connectivity index (χ0n) is 13.2. The summed E-state index contributed by atoms with van der Waals surface area (Å²) < 4.78 is 0. The van der Waals surface area contributed by atoms with Crippen LogP contribution >= 0.6 is 0 Å². The van der Waals surface area contributed by atoms with Crippen LogP contribution in [-0.2, 0) is 5.41 Å². The lowest BCUT2D eigenvalue weighted by atomic mass is 9.73. The number of nitrogens with one attached hydrogen (secondary N) is 1. The van der Waals surface area contributed by atoms with Crippen molar-refractivity contribution in [1.29, 1.82) is 0 Å². The van der Waals surface area contributed by atoms with Gasteiger partial charge in [-0.05, 0) is 59.4 Å². The van der Waals surface area contributed by atoms with Crippen LogP contribution in [0.1, 0.15) is 43.7 Å². The van der Waals surface area contributed by atoms with Crippen molar-refractivity contribution in [2.24, 2.45) is 5.92 Å². The lowest BCUT2D eigenvalue weighted by Gasteiger charge is -2.31. The van der Waals surface area contributed by atoms with Gasteiger partial charge in [0, 0.05) is 21.8 Å². The van der Waals surface area contributed by atoms with Gasteiger partial charge in [0.1, 0.15) is 0 Å². The summed E-state index contributed by atoms with van der Waals surface area (Å²) in [5, 5.41) is 2.73. The van der Waals surface area contributed by atoms with Crippen LogP contribution in [0.4, 0.5) is 0 Å². The Morgan fingerprint density at radius 3 is 2.82 bits per heavy atom. The highest BCUT2D eigenvalue weighted by Gasteiger charge is 2.45. The monoisotopic (exact) mass is 287 g/mol. The van der Waals surface area contributed by atoms with Gasteiger partial charge in [0.2, 0.25) is 0 Å². The maximum Gasteiger partial charge on any atom is 0.0467 e. The third-order valence-electron chi connectivity index (χ3n) is 6.02. The van der Waals surface area contributed by atoms with E-state index < -0.39 is 0 Å². The smallest absolute Gasteiger partial charge is 0.0467 e. The average molecular weight is 287 g/mol. The lowest BCUT2D eigenvalue weighted by Crippen LogP contribution is -2.25. The molecular weight excluding hydrogens is 266 g/mol. The largest absolute Gasteiger partial charge is 0.355 e. The summed E-state index contributed by atoms with van der Waals surface area (Å²) in [6, 6.07) is 13.6. The minimum atomic E-state index is 0.240. The van der Waals surface area contributed by atoms with E-state index in [4.69, 9.17) is 0 Å².